The summed E-state index contributed by atoms with van der Waals surface area (Å²) in [6.45, 7) is 4.47. The molecule has 0 atom stereocenters. The first-order valence-corrected chi connectivity index (χ1v) is 7.82. The predicted molar refractivity (Wildman–Crippen MR) is 75.8 cm³/mol. The lowest BCUT2D eigenvalue weighted by atomic mass is 9.99. The van der Waals surface area contributed by atoms with Crippen LogP contribution < -0.4 is 10.6 Å². The van der Waals surface area contributed by atoms with Crippen LogP contribution in [0.15, 0.2) is 4.90 Å². The van der Waals surface area contributed by atoms with Gasteiger partial charge in [0.15, 0.2) is 0 Å². The van der Waals surface area contributed by atoms with E-state index < -0.39 is 0 Å². The Balaban J connectivity index is 2.29. The maximum atomic E-state index is 9.04. The van der Waals surface area contributed by atoms with Crippen molar-refractivity contribution in [2.24, 2.45) is 5.92 Å². The summed E-state index contributed by atoms with van der Waals surface area (Å²) in [4.78, 5) is 4.12. The van der Waals surface area contributed by atoms with Crippen molar-refractivity contribution in [1.29, 1.82) is 5.26 Å². The van der Waals surface area contributed by atoms with Crippen LogP contribution in [-0.2, 0) is 0 Å². The molecule has 2 N–H and O–H groups in total. The fraction of sp³-hybridized carbons (Fsp3) is 0.583. The van der Waals surface area contributed by atoms with E-state index in [4.69, 9.17) is 11.0 Å². The third-order valence-corrected chi connectivity index (χ3v) is 5.38. The Hall–Kier alpha value is -0.860. The largest absolute Gasteiger partial charge is 0.396 e. The molecule has 92 valence electrons. The molecule has 0 spiro atoms. The van der Waals surface area contributed by atoms with Crippen molar-refractivity contribution in [1.82, 2.24) is 0 Å². The van der Waals surface area contributed by atoms with Crippen LogP contribution in [0.25, 0.3) is 0 Å². The standard InChI is InChI=1S/C12H17N3S2/c1-8-3-5-15(6-4-8)12-11(16-2)10(14)9(7-13)17-12/h8H,3-6,14H2,1-2H3. The summed E-state index contributed by atoms with van der Waals surface area (Å²) in [5, 5.41) is 10.2. The van der Waals surface area contributed by atoms with Crippen molar-refractivity contribution in [2.75, 3.05) is 30.0 Å². The Kier molecular flexibility index (Phi) is 3.85. The second-order valence-electron chi connectivity index (χ2n) is 4.46. The van der Waals surface area contributed by atoms with Crippen molar-refractivity contribution >= 4 is 33.8 Å². The molecule has 1 aromatic rings. The molecule has 3 nitrogen and oxygen atoms in total. The van der Waals surface area contributed by atoms with Gasteiger partial charge in [-0.25, -0.2) is 0 Å². The molecule has 1 aliphatic heterocycles. The maximum absolute atomic E-state index is 9.04. The molecule has 0 unspecified atom stereocenters. The van der Waals surface area contributed by atoms with Crippen LogP contribution >= 0.6 is 23.1 Å². The fourth-order valence-corrected chi connectivity index (χ4v) is 4.15. The number of hydrogen-bond donors (Lipinski definition) is 1. The summed E-state index contributed by atoms with van der Waals surface area (Å²) in [5.74, 6) is 0.816. The van der Waals surface area contributed by atoms with Gasteiger partial charge in [0.25, 0.3) is 0 Å². The van der Waals surface area contributed by atoms with Crippen molar-refractivity contribution in [3.05, 3.63) is 4.88 Å². The van der Waals surface area contributed by atoms with E-state index >= 15 is 0 Å². The fourth-order valence-electron chi connectivity index (χ4n) is 2.12. The minimum Gasteiger partial charge on any atom is -0.396 e. The highest BCUT2D eigenvalue weighted by Gasteiger charge is 2.23. The lowest BCUT2D eigenvalue weighted by Gasteiger charge is -2.31. The number of rotatable bonds is 2. The monoisotopic (exact) mass is 267 g/mol. The van der Waals surface area contributed by atoms with Crippen LogP contribution in [0.3, 0.4) is 0 Å². The highest BCUT2D eigenvalue weighted by atomic mass is 32.2. The van der Waals surface area contributed by atoms with Crippen molar-refractivity contribution < 1.29 is 0 Å². The van der Waals surface area contributed by atoms with Crippen LogP contribution in [-0.4, -0.2) is 19.3 Å². The van der Waals surface area contributed by atoms with Crippen LogP contribution in [0, 0.1) is 17.2 Å². The number of nitrogens with two attached hydrogens (primary N) is 1. The van der Waals surface area contributed by atoms with Gasteiger partial charge in [0.2, 0.25) is 0 Å². The van der Waals surface area contributed by atoms with E-state index in [0.29, 0.717) is 10.6 Å². The number of nitriles is 1. The minimum absolute atomic E-state index is 0.656. The zero-order valence-corrected chi connectivity index (χ0v) is 11.8. The first kappa shape index (κ1) is 12.6. The van der Waals surface area contributed by atoms with E-state index in [1.165, 1.54) is 29.2 Å². The molecule has 2 rings (SSSR count). The lowest BCUT2D eigenvalue weighted by molar-refractivity contribution is 0.439. The van der Waals surface area contributed by atoms with Gasteiger partial charge in [0.05, 0.1) is 10.6 Å². The highest BCUT2D eigenvalue weighted by molar-refractivity contribution is 7.99. The average Bonchev–Trinajstić information content (AvgIpc) is 2.66. The van der Waals surface area contributed by atoms with E-state index in [-0.39, 0.29) is 0 Å². The van der Waals surface area contributed by atoms with E-state index in [1.807, 2.05) is 6.26 Å². The van der Waals surface area contributed by atoms with Gasteiger partial charge >= 0.3 is 0 Å². The molecule has 0 aliphatic carbocycles. The number of thioether (sulfide) groups is 1. The smallest absolute Gasteiger partial charge is 0.131 e. The summed E-state index contributed by atoms with van der Waals surface area (Å²) in [6.07, 6.45) is 4.48. The molecule has 5 heteroatoms. The molecular weight excluding hydrogens is 250 g/mol. The van der Waals surface area contributed by atoms with Gasteiger partial charge in [0.1, 0.15) is 15.9 Å². The van der Waals surface area contributed by atoms with E-state index in [9.17, 15) is 0 Å². The maximum Gasteiger partial charge on any atom is 0.131 e. The Bertz CT molecular complexity index is 439. The molecule has 1 aliphatic rings. The summed E-state index contributed by atoms with van der Waals surface area (Å²) >= 11 is 3.18. The summed E-state index contributed by atoms with van der Waals surface area (Å²) in [5.41, 5.74) is 6.66. The molecule has 17 heavy (non-hydrogen) atoms. The van der Waals surface area contributed by atoms with Crippen molar-refractivity contribution in [3.8, 4) is 6.07 Å². The van der Waals surface area contributed by atoms with Crippen LogP contribution in [0.1, 0.15) is 24.6 Å². The van der Waals surface area contributed by atoms with Gasteiger partial charge in [-0.1, -0.05) is 6.92 Å². The van der Waals surface area contributed by atoms with Crippen molar-refractivity contribution in [3.63, 3.8) is 0 Å². The third kappa shape index (κ3) is 2.38. The molecule has 1 aromatic heterocycles. The number of thiophene rings is 1. The van der Waals surface area contributed by atoms with Crippen LogP contribution in [0.2, 0.25) is 0 Å². The summed E-state index contributed by atoms with van der Waals surface area (Å²) < 4.78 is 0. The SMILES string of the molecule is CSc1c(N2CCC(C)CC2)sc(C#N)c1N. The van der Waals surface area contributed by atoms with E-state index in [0.717, 1.165) is 23.9 Å². The number of nitrogens with zero attached hydrogens (tertiary/aromatic N) is 2. The van der Waals surface area contributed by atoms with E-state index in [1.54, 1.807) is 11.8 Å². The molecule has 1 fully saturated rings. The lowest BCUT2D eigenvalue weighted by Crippen LogP contribution is -2.32. The van der Waals surface area contributed by atoms with E-state index in [2.05, 4.69) is 17.9 Å². The van der Waals surface area contributed by atoms with Gasteiger partial charge in [-0.05, 0) is 25.0 Å². The Morgan fingerprint density at radius 2 is 2.12 bits per heavy atom. The molecule has 2 heterocycles. The molecule has 0 radical (unpaired) electrons. The predicted octanol–water partition coefficient (Wildman–Crippen LogP) is 3.16. The molecule has 0 amide bonds. The second-order valence-corrected chi connectivity index (χ2v) is 6.28. The zero-order valence-electron chi connectivity index (χ0n) is 10.2. The second kappa shape index (κ2) is 5.19. The number of nitrogen functional groups attached to an aromatic ring is 1. The van der Waals surface area contributed by atoms with Crippen LogP contribution in [0.4, 0.5) is 10.7 Å². The number of hydrogen-bond acceptors (Lipinski definition) is 5. The Morgan fingerprint density at radius 1 is 1.47 bits per heavy atom. The number of anilines is 2. The molecule has 1 saturated heterocycles. The van der Waals surface area contributed by atoms with Gasteiger partial charge in [0, 0.05) is 13.1 Å². The summed E-state index contributed by atoms with van der Waals surface area (Å²) in [7, 11) is 0. The molecule has 0 aromatic carbocycles. The Morgan fingerprint density at radius 3 is 2.65 bits per heavy atom. The van der Waals surface area contributed by atoms with Crippen molar-refractivity contribution in [2.45, 2.75) is 24.7 Å². The quantitative estimate of drug-likeness (QED) is 0.836. The normalized spacial score (nSPS) is 17.1. The zero-order chi connectivity index (χ0) is 12.4. The first-order chi connectivity index (χ1) is 8.17. The number of piperidine rings is 1. The average molecular weight is 267 g/mol. The molecular formula is C12H17N3S2. The van der Waals surface area contributed by atoms with Gasteiger partial charge in [-0.15, -0.1) is 23.1 Å². The topological polar surface area (TPSA) is 53.0 Å². The van der Waals surface area contributed by atoms with Gasteiger partial charge in [-0.2, -0.15) is 5.26 Å². The van der Waals surface area contributed by atoms with Gasteiger partial charge in [-0.3, -0.25) is 0 Å². The highest BCUT2D eigenvalue weighted by Crippen LogP contribution is 2.44. The van der Waals surface area contributed by atoms with Crippen LogP contribution in [0.5, 0.6) is 0 Å². The molecule has 0 saturated carbocycles. The third-order valence-electron chi connectivity index (χ3n) is 3.26. The summed E-state index contributed by atoms with van der Waals surface area (Å²) in [6, 6.07) is 2.19. The Labute approximate surface area is 111 Å². The van der Waals surface area contributed by atoms with Gasteiger partial charge < -0.3 is 10.6 Å². The minimum atomic E-state index is 0.656. The molecule has 0 bridgehead atoms. The first-order valence-electron chi connectivity index (χ1n) is 5.78.